The molecule has 1 aromatic rings. The van der Waals surface area contributed by atoms with Crippen molar-refractivity contribution in [3.63, 3.8) is 0 Å². The van der Waals surface area contributed by atoms with Crippen molar-refractivity contribution >= 4 is 41.8 Å². The minimum atomic E-state index is -0.425. The summed E-state index contributed by atoms with van der Waals surface area (Å²) < 4.78 is 5.09. The number of ether oxygens (including phenoxy) is 1. The first kappa shape index (κ1) is 14.6. The van der Waals surface area contributed by atoms with Crippen LogP contribution in [-0.2, 0) is 16.1 Å². The van der Waals surface area contributed by atoms with Gasteiger partial charge in [-0.1, -0.05) is 23.2 Å². The summed E-state index contributed by atoms with van der Waals surface area (Å²) in [5.41, 5.74) is 0.692. The van der Waals surface area contributed by atoms with E-state index in [4.69, 9.17) is 27.9 Å². The number of carbonyl (C=O) groups is 1. The number of thiol groups is 1. The molecule has 0 amide bonds. The third kappa shape index (κ3) is 4.71. The number of pyridine rings is 1. The first-order valence-corrected chi connectivity index (χ1v) is 6.22. The summed E-state index contributed by atoms with van der Waals surface area (Å²) in [4.78, 5) is 15.3. The summed E-state index contributed by atoms with van der Waals surface area (Å²) in [7, 11) is 1.67. The first-order valence-electron chi connectivity index (χ1n) is 4.83. The minimum absolute atomic E-state index is 0.104. The molecule has 0 aliphatic heterocycles. The molecule has 1 rings (SSSR count). The quantitative estimate of drug-likeness (QED) is 0.495. The molecular weight excluding hydrogens is 283 g/mol. The molecule has 0 fully saturated rings. The first-order chi connectivity index (χ1) is 8.06. The van der Waals surface area contributed by atoms with Gasteiger partial charge < -0.3 is 10.1 Å². The van der Waals surface area contributed by atoms with Crippen molar-refractivity contribution in [3.8, 4) is 0 Å². The summed E-state index contributed by atoms with van der Waals surface area (Å²) >= 11 is 15.5. The third-order valence-corrected chi connectivity index (χ3v) is 2.77. The normalized spacial score (nSPS) is 12.2. The van der Waals surface area contributed by atoms with Gasteiger partial charge >= 0.3 is 5.97 Å². The highest BCUT2D eigenvalue weighted by atomic mass is 35.5. The largest absolute Gasteiger partial charge is 0.460 e. The molecule has 0 spiro atoms. The SMILES string of the molecule is CN[C@@H](CS)C(=O)OCc1cc(Cl)nc(Cl)c1. The molecule has 7 heteroatoms. The number of esters is 1. The molecular formula is C10H12Cl2N2O2S. The Morgan fingerprint density at radius 1 is 1.53 bits per heavy atom. The number of aromatic nitrogens is 1. The summed E-state index contributed by atoms with van der Waals surface area (Å²) in [5.74, 6) is -0.000684. The zero-order chi connectivity index (χ0) is 12.8. The molecule has 0 radical (unpaired) electrons. The van der Waals surface area contributed by atoms with E-state index in [1.807, 2.05) is 0 Å². The fourth-order valence-electron chi connectivity index (χ4n) is 1.14. The minimum Gasteiger partial charge on any atom is -0.460 e. The maximum atomic E-state index is 11.5. The molecule has 0 unspecified atom stereocenters. The van der Waals surface area contributed by atoms with Gasteiger partial charge in [-0.25, -0.2) is 4.98 Å². The number of halogens is 2. The van der Waals surface area contributed by atoms with E-state index >= 15 is 0 Å². The van der Waals surface area contributed by atoms with E-state index in [-0.39, 0.29) is 22.9 Å². The number of nitrogens with one attached hydrogen (secondary N) is 1. The van der Waals surface area contributed by atoms with E-state index in [0.29, 0.717) is 11.3 Å². The summed E-state index contributed by atoms with van der Waals surface area (Å²) in [6, 6.07) is 2.76. The number of hydrogen-bond donors (Lipinski definition) is 2. The molecule has 0 aromatic carbocycles. The standard InChI is InChI=1S/C10H12Cl2N2O2S/c1-13-7(5-17)10(15)16-4-6-2-8(11)14-9(12)3-6/h2-3,7,13,17H,4-5H2,1H3/t7-/m0/s1. The molecule has 1 N–H and O–H groups in total. The van der Waals surface area contributed by atoms with Gasteiger partial charge in [0.25, 0.3) is 0 Å². The van der Waals surface area contributed by atoms with Gasteiger partial charge in [-0.2, -0.15) is 12.6 Å². The van der Waals surface area contributed by atoms with Gasteiger partial charge in [0, 0.05) is 5.75 Å². The highest BCUT2D eigenvalue weighted by Gasteiger charge is 2.16. The number of hydrogen-bond acceptors (Lipinski definition) is 5. The topological polar surface area (TPSA) is 51.2 Å². The second-order valence-corrected chi connectivity index (χ2v) is 4.39. The Bertz CT molecular complexity index is 380. The van der Waals surface area contributed by atoms with E-state index < -0.39 is 6.04 Å². The number of likely N-dealkylation sites (N-methyl/N-ethyl adjacent to an activating group) is 1. The van der Waals surface area contributed by atoms with Gasteiger partial charge in [0.05, 0.1) is 0 Å². The van der Waals surface area contributed by atoms with Crippen LogP contribution in [0.15, 0.2) is 12.1 Å². The lowest BCUT2D eigenvalue weighted by molar-refractivity contribution is -0.146. The van der Waals surface area contributed by atoms with Gasteiger partial charge in [0.1, 0.15) is 23.0 Å². The lowest BCUT2D eigenvalue weighted by Gasteiger charge is -2.12. The Labute approximate surface area is 115 Å². The van der Waals surface area contributed by atoms with E-state index in [9.17, 15) is 4.79 Å². The molecule has 94 valence electrons. The molecule has 0 saturated carbocycles. The van der Waals surface area contributed by atoms with Crippen LogP contribution in [0.4, 0.5) is 0 Å². The van der Waals surface area contributed by atoms with Crippen LogP contribution in [0.3, 0.4) is 0 Å². The highest BCUT2D eigenvalue weighted by molar-refractivity contribution is 7.80. The van der Waals surface area contributed by atoms with Crippen LogP contribution in [0.1, 0.15) is 5.56 Å². The Morgan fingerprint density at radius 3 is 2.59 bits per heavy atom. The smallest absolute Gasteiger partial charge is 0.324 e. The summed E-state index contributed by atoms with van der Waals surface area (Å²) in [5, 5.41) is 3.33. The van der Waals surface area contributed by atoms with Crippen molar-refractivity contribution < 1.29 is 9.53 Å². The van der Waals surface area contributed by atoms with Crippen LogP contribution in [0.5, 0.6) is 0 Å². The van der Waals surface area contributed by atoms with Crippen molar-refractivity contribution in [2.24, 2.45) is 0 Å². The molecule has 1 heterocycles. The average molecular weight is 295 g/mol. The molecule has 0 aliphatic carbocycles. The van der Waals surface area contributed by atoms with Crippen LogP contribution in [0.2, 0.25) is 10.3 Å². The second kappa shape index (κ2) is 7.06. The maximum Gasteiger partial charge on any atom is 0.324 e. The van der Waals surface area contributed by atoms with Gasteiger partial charge in [-0.3, -0.25) is 4.79 Å². The average Bonchev–Trinajstić information content (AvgIpc) is 2.27. The Kier molecular flexibility index (Phi) is 6.05. The summed E-state index contributed by atoms with van der Waals surface area (Å²) in [6.45, 7) is 0.104. The third-order valence-electron chi connectivity index (χ3n) is 2.02. The van der Waals surface area contributed by atoms with Crippen molar-refractivity contribution in [1.82, 2.24) is 10.3 Å². The Morgan fingerprint density at radius 2 is 2.12 bits per heavy atom. The Hall–Kier alpha value is -0.490. The lowest BCUT2D eigenvalue weighted by atomic mass is 10.3. The fourth-order valence-corrected chi connectivity index (χ4v) is 1.97. The number of carbonyl (C=O) groups excluding carboxylic acids is 1. The summed E-state index contributed by atoms with van der Waals surface area (Å²) in [6.07, 6.45) is 0. The van der Waals surface area contributed by atoms with E-state index in [0.717, 1.165) is 0 Å². The van der Waals surface area contributed by atoms with E-state index in [1.54, 1.807) is 19.2 Å². The monoisotopic (exact) mass is 294 g/mol. The van der Waals surface area contributed by atoms with Crippen molar-refractivity contribution in [2.75, 3.05) is 12.8 Å². The van der Waals surface area contributed by atoms with Gasteiger partial charge in [-0.05, 0) is 24.7 Å². The van der Waals surface area contributed by atoms with Crippen LogP contribution in [0.25, 0.3) is 0 Å². The molecule has 4 nitrogen and oxygen atoms in total. The van der Waals surface area contributed by atoms with Crippen LogP contribution in [-0.4, -0.2) is 29.8 Å². The van der Waals surface area contributed by atoms with Crippen molar-refractivity contribution in [3.05, 3.63) is 28.0 Å². The molecule has 0 aliphatic rings. The fraction of sp³-hybridized carbons (Fsp3) is 0.400. The number of rotatable bonds is 5. The van der Waals surface area contributed by atoms with Gasteiger partial charge in [0.15, 0.2) is 0 Å². The zero-order valence-electron chi connectivity index (χ0n) is 9.11. The van der Waals surface area contributed by atoms with Crippen LogP contribution >= 0.6 is 35.8 Å². The lowest BCUT2D eigenvalue weighted by Crippen LogP contribution is -2.37. The molecule has 17 heavy (non-hydrogen) atoms. The number of nitrogens with zero attached hydrogens (tertiary/aromatic N) is 1. The second-order valence-electron chi connectivity index (χ2n) is 3.25. The van der Waals surface area contributed by atoms with Crippen LogP contribution in [0, 0.1) is 0 Å². The maximum absolute atomic E-state index is 11.5. The molecule has 0 saturated heterocycles. The zero-order valence-corrected chi connectivity index (χ0v) is 11.5. The predicted molar refractivity (Wildman–Crippen MR) is 70.8 cm³/mol. The van der Waals surface area contributed by atoms with Crippen LogP contribution < -0.4 is 5.32 Å². The van der Waals surface area contributed by atoms with Gasteiger partial charge in [0.2, 0.25) is 0 Å². The van der Waals surface area contributed by atoms with Gasteiger partial charge in [-0.15, -0.1) is 0 Å². The highest BCUT2D eigenvalue weighted by Crippen LogP contribution is 2.15. The molecule has 1 atom stereocenters. The Balaban J connectivity index is 2.58. The van der Waals surface area contributed by atoms with Crippen molar-refractivity contribution in [2.45, 2.75) is 12.6 Å². The molecule has 0 bridgehead atoms. The predicted octanol–water partition coefficient (Wildman–Crippen LogP) is 1.95. The van der Waals surface area contributed by atoms with E-state index in [1.165, 1.54) is 0 Å². The molecule has 1 aromatic heterocycles. The van der Waals surface area contributed by atoms with E-state index in [2.05, 4.69) is 22.9 Å². The van der Waals surface area contributed by atoms with Crippen molar-refractivity contribution in [1.29, 1.82) is 0 Å².